The van der Waals surface area contributed by atoms with Crippen LogP contribution in [0.25, 0.3) is 0 Å². The van der Waals surface area contributed by atoms with Crippen molar-refractivity contribution in [2.24, 2.45) is 0 Å². The molecule has 0 N–H and O–H groups in total. The summed E-state index contributed by atoms with van der Waals surface area (Å²) in [6, 6.07) is 5.42. The third-order valence-electron chi connectivity index (χ3n) is 6.13. The lowest BCUT2D eigenvalue weighted by molar-refractivity contribution is -0.167. The van der Waals surface area contributed by atoms with Gasteiger partial charge in [-0.25, -0.2) is 0 Å². The fourth-order valence-electron chi connectivity index (χ4n) is 4.22. The Morgan fingerprint density at radius 2 is 1.88 bits per heavy atom. The van der Waals surface area contributed by atoms with Crippen LogP contribution in [0.15, 0.2) is 30.6 Å². The van der Waals surface area contributed by atoms with Crippen LogP contribution >= 0.6 is 11.6 Å². The molecule has 2 amide bonds. The maximum atomic E-state index is 13.2. The first-order valence-corrected chi connectivity index (χ1v) is 11.9. The van der Waals surface area contributed by atoms with Gasteiger partial charge in [-0.2, -0.15) is 5.10 Å². The van der Waals surface area contributed by atoms with Crippen LogP contribution in [-0.4, -0.2) is 89.6 Å². The summed E-state index contributed by atoms with van der Waals surface area (Å²) in [4.78, 5) is 29.7. The van der Waals surface area contributed by atoms with Gasteiger partial charge in [0.05, 0.1) is 39.0 Å². The predicted molar refractivity (Wildman–Crippen MR) is 126 cm³/mol. The van der Waals surface area contributed by atoms with Gasteiger partial charge >= 0.3 is 0 Å². The summed E-state index contributed by atoms with van der Waals surface area (Å²) in [6.45, 7) is 7.28. The Bertz CT molecular complexity index is 1020. The summed E-state index contributed by atoms with van der Waals surface area (Å²) >= 11 is 6.14. The molecule has 0 bridgehead atoms. The Labute approximate surface area is 204 Å². The fraction of sp³-hybridized carbons (Fsp3) is 0.542. The largest absolute Gasteiger partial charge is 0.490 e. The van der Waals surface area contributed by atoms with Crippen LogP contribution in [0.5, 0.6) is 5.75 Å². The molecule has 0 spiro atoms. The average Bonchev–Trinajstić information content (AvgIpc) is 3.25. The first-order valence-electron chi connectivity index (χ1n) is 11.5. The smallest absolute Gasteiger partial charge is 0.244 e. The topological polar surface area (TPSA) is 86.1 Å². The van der Waals surface area contributed by atoms with Gasteiger partial charge in [0.1, 0.15) is 24.5 Å². The summed E-state index contributed by atoms with van der Waals surface area (Å²) in [5, 5.41) is 4.87. The average molecular weight is 491 g/mol. The first-order chi connectivity index (χ1) is 16.3. The van der Waals surface area contributed by atoms with Crippen LogP contribution in [0.4, 0.5) is 0 Å². The van der Waals surface area contributed by atoms with Crippen LogP contribution in [-0.2, 0) is 25.6 Å². The van der Waals surface area contributed by atoms with Gasteiger partial charge in [0.15, 0.2) is 0 Å². The molecule has 184 valence electrons. The van der Waals surface area contributed by atoms with E-state index in [4.69, 9.17) is 25.8 Å². The second kappa shape index (κ2) is 10.8. The molecule has 2 aliphatic rings. The van der Waals surface area contributed by atoms with E-state index in [1.165, 1.54) is 0 Å². The van der Waals surface area contributed by atoms with Crippen molar-refractivity contribution in [1.82, 2.24) is 19.6 Å². The zero-order chi connectivity index (χ0) is 24.1. The van der Waals surface area contributed by atoms with E-state index in [2.05, 4.69) is 5.10 Å². The molecule has 2 saturated heterocycles. The molecule has 1 aromatic heterocycles. The maximum Gasteiger partial charge on any atom is 0.244 e. The van der Waals surface area contributed by atoms with Gasteiger partial charge in [0, 0.05) is 30.9 Å². The highest BCUT2D eigenvalue weighted by Crippen LogP contribution is 2.27. The summed E-state index contributed by atoms with van der Waals surface area (Å²) in [5.41, 5.74) is 0.928. The van der Waals surface area contributed by atoms with E-state index in [-0.39, 0.29) is 37.9 Å². The standard InChI is InChI=1S/C24H31ClN4O5/c1-18-13-26-29(14-18)15-23(31)28-7-10-34-24(16-28,12-22(30)27-5-8-32-9-6-27)17-33-20-3-4-21(25)19(2)11-20/h3-4,11,13-14H,5-10,12,15-17H2,1-2H3. The molecular weight excluding hydrogens is 460 g/mol. The number of carbonyl (C=O) groups excluding carboxylic acids is 2. The Morgan fingerprint density at radius 3 is 2.59 bits per heavy atom. The highest BCUT2D eigenvalue weighted by Gasteiger charge is 2.42. The summed E-state index contributed by atoms with van der Waals surface area (Å²) in [6.07, 6.45) is 3.67. The number of aryl methyl sites for hydroxylation is 2. The molecule has 4 rings (SSSR count). The molecule has 9 nitrogen and oxygen atoms in total. The van der Waals surface area contributed by atoms with E-state index in [1.807, 2.05) is 26.1 Å². The second-order valence-electron chi connectivity index (χ2n) is 8.93. The fourth-order valence-corrected chi connectivity index (χ4v) is 4.33. The number of amides is 2. The molecule has 1 unspecified atom stereocenters. The molecule has 1 aromatic carbocycles. The van der Waals surface area contributed by atoms with E-state index in [1.54, 1.807) is 32.8 Å². The van der Waals surface area contributed by atoms with Gasteiger partial charge in [0.25, 0.3) is 0 Å². The zero-order valence-corrected chi connectivity index (χ0v) is 20.4. The molecule has 34 heavy (non-hydrogen) atoms. The number of halogens is 1. The Hall–Kier alpha value is -2.62. The minimum Gasteiger partial charge on any atom is -0.490 e. The van der Waals surface area contributed by atoms with E-state index in [9.17, 15) is 9.59 Å². The normalized spacial score (nSPS) is 20.9. The number of nitrogens with zero attached hydrogens (tertiary/aromatic N) is 4. The Morgan fingerprint density at radius 1 is 1.12 bits per heavy atom. The molecule has 2 aliphatic heterocycles. The summed E-state index contributed by atoms with van der Waals surface area (Å²) in [7, 11) is 0. The lowest BCUT2D eigenvalue weighted by Gasteiger charge is -2.43. The maximum absolute atomic E-state index is 13.2. The number of hydrogen-bond donors (Lipinski definition) is 0. The molecule has 2 fully saturated rings. The second-order valence-corrected chi connectivity index (χ2v) is 9.34. The third-order valence-corrected chi connectivity index (χ3v) is 6.55. The number of hydrogen-bond acceptors (Lipinski definition) is 6. The van der Waals surface area contributed by atoms with Gasteiger partial charge in [-0.15, -0.1) is 0 Å². The summed E-state index contributed by atoms with van der Waals surface area (Å²) < 4.78 is 19.3. The van der Waals surface area contributed by atoms with Crippen LogP contribution in [0.3, 0.4) is 0 Å². The van der Waals surface area contributed by atoms with Crippen molar-refractivity contribution in [3.8, 4) is 5.75 Å². The van der Waals surface area contributed by atoms with E-state index >= 15 is 0 Å². The van der Waals surface area contributed by atoms with E-state index in [0.29, 0.717) is 50.2 Å². The van der Waals surface area contributed by atoms with Gasteiger partial charge in [-0.1, -0.05) is 11.6 Å². The minimum atomic E-state index is -0.961. The predicted octanol–water partition coefficient (Wildman–Crippen LogP) is 2.08. The third kappa shape index (κ3) is 6.08. The van der Waals surface area contributed by atoms with Gasteiger partial charge < -0.3 is 24.0 Å². The van der Waals surface area contributed by atoms with Gasteiger partial charge in [-0.3, -0.25) is 14.3 Å². The quantitative estimate of drug-likeness (QED) is 0.590. The molecule has 0 radical (unpaired) electrons. The molecule has 1 atom stereocenters. The number of benzene rings is 1. The van der Waals surface area contributed by atoms with Crippen LogP contribution in [0.2, 0.25) is 5.02 Å². The van der Waals surface area contributed by atoms with Crippen molar-refractivity contribution >= 4 is 23.4 Å². The number of ether oxygens (including phenoxy) is 3. The van der Waals surface area contributed by atoms with Crippen LogP contribution in [0.1, 0.15) is 17.5 Å². The Kier molecular flexibility index (Phi) is 7.75. The first kappa shape index (κ1) is 24.5. The molecule has 0 aliphatic carbocycles. The van der Waals surface area contributed by atoms with Crippen LogP contribution in [0, 0.1) is 13.8 Å². The SMILES string of the molecule is Cc1cnn(CC(=O)N2CCOC(COc3ccc(Cl)c(C)c3)(CC(=O)N3CCOCC3)C2)c1. The van der Waals surface area contributed by atoms with Crippen molar-refractivity contribution in [3.63, 3.8) is 0 Å². The molecule has 2 aromatic rings. The van der Waals surface area contributed by atoms with Crippen molar-refractivity contribution in [2.45, 2.75) is 32.4 Å². The highest BCUT2D eigenvalue weighted by molar-refractivity contribution is 6.31. The lowest BCUT2D eigenvalue weighted by Crippen LogP contribution is -2.59. The number of morpholine rings is 2. The summed E-state index contributed by atoms with van der Waals surface area (Å²) in [5.74, 6) is 0.535. The molecule has 10 heteroatoms. The lowest BCUT2D eigenvalue weighted by atomic mass is 9.96. The Balaban J connectivity index is 1.49. The van der Waals surface area contributed by atoms with Crippen molar-refractivity contribution in [2.75, 3.05) is 52.6 Å². The van der Waals surface area contributed by atoms with E-state index < -0.39 is 5.60 Å². The monoisotopic (exact) mass is 490 g/mol. The number of rotatable bonds is 7. The number of aromatic nitrogens is 2. The van der Waals surface area contributed by atoms with Gasteiger partial charge in [-0.05, 0) is 43.2 Å². The van der Waals surface area contributed by atoms with E-state index in [0.717, 1.165) is 11.1 Å². The molecule has 3 heterocycles. The minimum absolute atomic E-state index is 0.0313. The van der Waals surface area contributed by atoms with Crippen molar-refractivity contribution < 1.29 is 23.8 Å². The van der Waals surface area contributed by atoms with Crippen LogP contribution < -0.4 is 4.74 Å². The highest BCUT2D eigenvalue weighted by atomic mass is 35.5. The van der Waals surface area contributed by atoms with Gasteiger partial charge in [0.2, 0.25) is 11.8 Å². The van der Waals surface area contributed by atoms with Crippen molar-refractivity contribution in [1.29, 1.82) is 0 Å². The van der Waals surface area contributed by atoms with Crippen molar-refractivity contribution in [3.05, 3.63) is 46.7 Å². The molecular formula is C24H31ClN4O5. The zero-order valence-electron chi connectivity index (χ0n) is 19.7. The number of carbonyl (C=O) groups is 2. The molecule has 0 saturated carbocycles.